The zero-order valence-electron chi connectivity index (χ0n) is 13.8. The quantitative estimate of drug-likeness (QED) is 0.802. The zero-order valence-corrected chi connectivity index (χ0v) is 13.8. The van der Waals surface area contributed by atoms with Crippen molar-refractivity contribution in [1.82, 2.24) is 9.80 Å². The standard InChI is InChI=1S/C18H24N2O3/c1-3-23-18(14-10-6-4-7-11-14)16(21)20(17(22)19(18)2)15-12-8-5-9-13-15/h4,6-7,10-11,15H,3,5,8-9,12-13H2,1-2H3. The van der Waals surface area contributed by atoms with E-state index in [1.165, 1.54) is 16.2 Å². The molecule has 5 heteroatoms. The third-order valence-corrected chi connectivity index (χ3v) is 4.93. The summed E-state index contributed by atoms with van der Waals surface area (Å²) in [5.74, 6) is -0.245. The highest BCUT2D eigenvalue weighted by molar-refractivity contribution is 6.06. The molecular weight excluding hydrogens is 292 g/mol. The van der Waals surface area contributed by atoms with E-state index in [-0.39, 0.29) is 18.0 Å². The first-order valence-corrected chi connectivity index (χ1v) is 8.44. The summed E-state index contributed by atoms with van der Waals surface area (Å²) in [6, 6.07) is 9.07. The van der Waals surface area contributed by atoms with Crippen LogP contribution < -0.4 is 0 Å². The monoisotopic (exact) mass is 316 g/mol. The van der Waals surface area contributed by atoms with E-state index in [0.717, 1.165) is 25.7 Å². The average Bonchev–Trinajstić information content (AvgIpc) is 2.78. The van der Waals surface area contributed by atoms with E-state index in [1.807, 2.05) is 37.3 Å². The van der Waals surface area contributed by atoms with Crippen molar-refractivity contribution in [2.45, 2.75) is 50.8 Å². The predicted octanol–water partition coefficient (Wildman–Crippen LogP) is 3.10. The van der Waals surface area contributed by atoms with Crippen LogP contribution >= 0.6 is 0 Å². The Morgan fingerprint density at radius 2 is 1.78 bits per heavy atom. The molecule has 1 aromatic rings. The molecule has 1 unspecified atom stereocenters. The molecule has 2 fully saturated rings. The van der Waals surface area contributed by atoms with E-state index < -0.39 is 5.72 Å². The Morgan fingerprint density at radius 3 is 2.39 bits per heavy atom. The Balaban J connectivity index is 2.02. The molecule has 1 saturated heterocycles. The lowest BCUT2D eigenvalue weighted by Crippen LogP contribution is -2.48. The summed E-state index contributed by atoms with van der Waals surface area (Å²) in [7, 11) is 1.66. The van der Waals surface area contributed by atoms with Crippen LogP contribution in [0.3, 0.4) is 0 Å². The van der Waals surface area contributed by atoms with Crippen LogP contribution in [0.4, 0.5) is 4.79 Å². The van der Waals surface area contributed by atoms with E-state index in [0.29, 0.717) is 12.2 Å². The van der Waals surface area contributed by atoms with Gasteiger partial charge in [-0.25, -0.2) is 4.79 Å². The molecular formula is C18H24N2O3. The summed E-state index contributed by atoms with van der Waals surface area (Å²) in [5.41, 5.74) is -0.620. The SMILES string of the molecule is CCOC1(c2ccccc2)C(=O)N(C2CCCCC2)C(=O)N1C. The predicted molar refractivity (Wildman–Crippen MR) is 86.6 cm³/mol. The highest BCUT2D eigenvalue weighted by Gasteiger charge is 2.59. The lowest BCUT2D eigenvalue weighted by molar-refractivity contribution is -0.167. The van der Waals surface area contributed by atoms with E-state index in [9.17, 15) is 9.59 Å². The van der Waals surface area contributed by atoms with Gasteiger partial charge >= 0.3 is 6.03 Å². The summed E-state index contributed by atoms with van der Waals surface area (Å²) in [6.07, 6.45) is 5.10. The van der Waals surface area contributed by atoms with Gasteiger partial charge in [-0.3, -0.25) is 14.6 Å². The second-order valence-corrected chi connectivity index (χ2v) is 6.25. The summed E-state index contributed by atoms with van der Waals surface area (Å²) in [4.78, 5) is 29.0. The highest BCUT2D eigenvalue weighted by Crippen LogP contribution is 2.40. The maximum absolute atomic E-state index is 13.3. The van der Waals surface area contributed by atoms with Crippen LogP contribution in [0.2, 0.25) is 0 Å². The summed E-state index contributed by atoms with van der Waals surface area (Å²) in [6.45, 7) is 2.20. The van der Waals surface area contributed by atoms with Gasteiger partial charge in [0.05, 0.1) is 0 Å². The molecule has 0 spiro atoms. The highest BCUT2D eigenvalue weighted by atomic mass is 16.5. The largest absolute Gasteiger partial charge is 0.344 e. The Morgan fingerprint density at radius 1 is 1.13 bits per heavy atom. The maximum Gasteiger partial charge on any atom is 0.329 e. The summed E-state index contributed by atoms with van der Waals surface area (Å²) in [5, 5.41) is 0. The molecule has 1 heterocycles. The second-order valence-electron chi connectivity index (χ2n) is 6.25. The number of urea groups is 1. The molecule has 1 saturated carbocycles. The first kappa shape index (κ1) is 16.0. The number of ether oxygens (including phenoxy) is 1. The van der Waals surface area contributed by atoms with Crippen LogP contribution in [-0.4, -0.2) is 41.4 Å². The molecule has 1 aliphatic carbocycles. The number of hydrogen-bond acceptors (Lipinski definition) is 3. The molecule has 1 aliphatic heterocycles. The van der Waals surface area contributed by atoms with Gasteiger partial charge in [-0.2, -0.15) is 0 Å². The molecule has 0 N–H and O–H groups in total. The minimum Gasteiger partial charge on any atom is -0.344 e. The third-order valence-electron chi connectivity index (χ3n) is 4.93. The number of hydrogen-bond donors (Lipinski definition) is 0. The Labute approximate surface area is 137 Å². The summed E-state index contributed by atoms with van der Waals surface area (Å²) < 4.78 is 5.91. The van der Waals surface area contributed by atoms with Gasteiger partial charge in [-0.05, 0) is 19.8 Å². The lowest BCUT2D eigenvalue weighted by atomic mass is 9.93. The summed E-state index contributed by atoms with van der Waals surface area (Å²) >= 11 is 0. The first-order valence-electron chi connectivity index (χ1n) is 8.44. The fourth-order valence-corrected chi connectivity index (χ4v) is 3.78. The molecule has 0 aromatic heterocycles. The minimum absolute atomic E-state index is 0.00255. The van der Waals surface area contributed by atoms with Crippen LogP contribution in [0.1, 0.15) is 44.6 Å². The molecule has 23 heavy (non-hydrogen) atoms. The molecule has 0 radical (unpaired) electrons. The van der Waals surface area contributed by atoms with Crippen molar-refractivity contribution in [3.05, 3.63) is 35.9 Å². The molecule has 1 atom stereocenters. The Kier molecular flexibility index (Phi) is 4.39. The van der Waals surface area contributed by atoms with E-state index in [1.54, 1.807) is 7.05 Å². The fraction of sp³-hybridized carbons (Fsp3) is 0.556. The minimum atomic E-state index is -1.33. The van der Waals surface area contributed by atoms with Gasteiger partial charge in [0.15, 0.2) is 0 Å². The lowest BCUT2D eigenvalue weighted by Gasteiger charge is -2.33. The smallest absolute Gasteiger partial charge is 0.329 e. The van der Waals surface area contributed by atoms with Crippen LogP contribution in [0, 0.1) is 0 Å². The molecule has 5 nitrogen and oxygen atoms in total. The second kappa shape index (κ2) is 6.32. The van der Waals surface area contributed by atoms with Gasteiger partial charge in [-0.1, -0.05) is 49.6 Å². The van der Waals surface area contributed by atoms with Crippen molar-refractivity contribution in [3.8, 4) is 0 Å². The third kappa shape index (κ3) is 2.43. The molecule has 0 bridgehead atoms. The van der Waals surface area contributed by atoms with Gasteiger partial charge in [0.2, 0.25) is 0 Å². The molecule has 2 aliphatic rings. The Hall–Kier alpha value is -1.88. The molecule has 1 aromatic carbocycles. The maximum atomic E-state index is 13.3. The van der Waals surface area contributed by atoms with Crippen molar-refractivity contribution >= 4 is 11.9 Å². The van der Waals surface area contributed by atoms with Gasteiger partial charge in [0, 0.05) is 25.3 Å². The number of nitrogens with zero attached hydrogens (tertiary/aromatic N) is 2. The number of amides is 3. The van der Waals surface area contributed by atoms with Crippen molar-refractivity contribution in [1.29, 1.82) is 0 Å². The van der Waals surface area contributed by atoms with Crippen molar-refractivity contribution < 1.29 is 14.3 Å². The number of rotatable bonds is 4. The van der Waals surface area contributed by atoms with E-state index in [2.05, 4.69) is 0 Å². The number of carbonyl (C=O) groups is 2. The van der Waals surface area contributed by atoms with Crippen molar-refractivity contribution in [2.24, 2.45) is 0 Å². The molecule has 124 valence electrons. The van der Waals surface area contributed by atoms with E-state index in [4.69, 9.17) is 4.74 Å². The number of carbonyl (C=O) groups excluding carboxylic acids is 2. The zero-order chi connectivity index (χ0) is 16.4. The fourth-order valence-electron chi connectivity index (χ4n) is 3.78. The van der Waals surface area contributed by atoms with Gasteiger partial charge in [0.1, 0.15) is 0 Å². The van der Waals surface area contributed by atoms with Crippen molar-refractivity contribution in [2.75, 3.05) is 13.7 Å². The van der Waals surface area contributed by atoms with Crippen LogP contribution in [0.15, 0.2) is 30.3 Å². The normalized spacial score (nSPS) is 26.2. The van der Waals surface area contributed by atoms with E-state index >= 15 is 0 Å². The topological polar surface area (TPSA) is 49.9 Å². The van der Waals surface area contributed by atoms with Crippen molar-refractivity contribution in [3.63, 3.8) is 0 Å². The van der Waals surface area contributed by atoms with Gasteiger partial charge < -0.3 is 4.74 Å². The Bertz CT molecular complexity index is 583. The number of benzene rings is 1. The number of likely N-dealkylation sites (N-methyl/N-ethyl adjacent to an activating group) is 1. The van der Waals surface area contributed by atoms with Crippen LogP contribution in [0.5, 0.6) is 0 Å². The molecule has 3 amide bonds. The average molecular weight is 316 g/mol. The van der Waals surface area contributed by atoms with Gasteiger partial charge in [-0.15, -0.1) is 0 Å². The number of imide groups is 1. The first-order chi connectivity index (χ1) is 11.1. The molecule has 3 rings (SSSR count). The van der Waals surface area contributed by atoms with Crippen LogP contribution in [-0.2, 0) is 15.3 Å². The van der Waals surface area contributed by atoms with Crippen LogP contribution in [0.25, 0.3) is 0 Å². The van der Waals surface area contributed by atoms with Gasteiger partial charge in [0.25, 0.3) is 11.6 Å².